The molecule has 0 radical (unpaired) electrons. The van der Waals surface area contributed by atoms with E-state index in [1.807, 2.05) is 30.3 Å². The molecule has 3 N–H and O–H groups in total. The van der Waals surface area contributed by atoms with Crippen LogP contribution in [0.25, 0.3) is 0 Å². The molecule has 0 aliphatic rings. The Bertz CT molecular complexity index is 531. The van der Waals surface area contributed by atoms with Crippen molar-refractivity contribution < 1.29 is 24.2 Å². The molecule has 7 nitrogen and oxygen atoms in total. The van der Waals surface area contributed by atoms with Gasteiger partial charge in [0, 0.05) is 6.54 Å². The zero-order chi connectivity index (χ0) is 17.2. The van der Waals surface area contributed by atoms with Crippen molar-refractivity contribution >= 4 is 18.0 Å². The Balaban J connectivity index is 2.46. The Kier molecular flexibility index (Phi) is 7.59. The van der Waals surface area contributed by atoms with Crippen molar-refractivity contribution in [3.8, 4) is 0 Å². The number of hydrogen-bond donors (Lipinski definition) is 3. The van der Waals surface area contributed by atoms with Crippen LogP contribution in [0.4, 0.5) is 4.79 Å². The van der Waals surface area contributed by atoms with Crippen LogP contribution in [0.1, 0.15) is 25.8 Å². The Morgan fingerprint density at radius 2 is 1.83 bits per heavy atom. The van der Waals surface area contributed by atoms with Gasteiger partial charge in [0.15, 0.2) is 0 Å². The quantitative estimate of drug-likeness (QED) is 0.673. The first-order valence-electron chi connectivity index (χ1n) is 7.37. The summed E-state index contributed by atoms with van der Waals surface area (Å²) >= 11 is 0. The first kappa shape index (κ1) is 18.5. The Labute approximate surface area is 135 Å². The minimum atomic E-state index is -0.998. The van der Waals surface area contributed by atoms with E-state index in [0.29, 0.717) is 0 Å². The van der Waals surface area contributed by atoms with Gasteiger partial charge in [-0.3, -0.25) is 9.59 Å². The van der Waals surface area contributed by atoms with Crippen LogP contribution in [0.3, 0.4) is 0 Å². The number of carbonyl (C=O) groups is 3. The van der Waals surface area contributed by atoms with E-state index < -0.39 is 24.0 Å². The molecule has 1 aromatic carbocycles. The standard InChI is InChI=1S/C16H22N2O5/c1-11(2)14(15(21)17-9-8-13(19)20)18-16(22)23-10-12-6-4-3-5-7-12/h3-7,11,14H,8-10H2,1-2H3,(H,17,21)(H,18,22)(H,19,20). The third-order valence-electron chi connectivity index (χ3n) is 3.07. The van der Waals surface area contributed by atoms with Crippen molar-refractivity contribution in [2.24, 2.45) is 5.92 Å². The van der Waals surface area contributed by atoms with Crippen LogP contribution in [-0.4, -0.2) is 35.7 Å². The van der Waals surface area contributed by atoms with Gasteiger partial charge in [0.25, 0.3) is 0 Å². The lowest BCUT2D eigenvalue weighted by molar-refractivity contribution is -0.137. The summed E-state index contributed by atoms with van der Waals surface area (Å²) in [5, 5.41) is 13.5. The number of alkyl carbamates (subject to hydrolysis) is 1. The largest absolute Gasteiger partial charge is 0.481 e. The first-order chi connectivity index (χ1) is 10.9. The minimum Gasteiger partial charge on any atom is -0.481 e. The second-order valence-electron chi connectivity index (χ2n) is 5.36. The number of carbonyl (C=O) groups excluding carboxylic acids is 2. The highest BCUT2D eigenvalue weighted by atomic mass is 16.5. The topological polar surface area (TPSA) is 105 Å². The third kappa shape index (κ3) is 7.30. The molecular formula is C16H22N2O5. The summed E-state index contributed by atoms with van der Waals surface area (Å²) < 4.78 is 5.08. The maximum absolute atomic E-state index is 12.0. The molecular weight excluding hydrogens is 300 g/mol. The molecule has 0 aliphatic heterocycles. The molecule has 1 aromatic rings. The molecule has 23 heavy (non-hydrogen) atoms. The van der Waals surface area contributed by atoms with Crippen LogP contribution in [0.15, 0.2) is 30.3 Å². The smallest absolute Gasteiger partial charge is 0.408 e. The predicted octanol–water partition coefficient (Wildman–Crippen LogP) is 1.53. The van der Waals surface area contributed by atoms with Crippen LogP contribution < -0.4 is 10.6 Å². The van der Waals surface area contributed by atoms with E-state index in [9.17, 15) is 14.4 Å². The summed E-state index contributed by atoms with van der Waals surface area (Å²) in [6.07, 6.45) is -0.865. The lowest BCUT2D eigenvalue weighted by atomic mass is 10.0. The summed E-state index contributed by atoms with van der Waals surface area (Å²) in [4.78, 5) is 34.3. The number of benzene rings is 1. The Morgan fingerprint density at radius 1 is 1.17 bits per heavy atom. The fourth-order valence-corrected chi connectivity index (χ4v) is 1.83. The second-order valence-corrected chi connectivity index (χ2v) is 5.36. The molecule has 126 valence electrons. The lowest BCUT2D eigenvalue weighted by Gasteiger charge is -2.21. The van der Waals surface area contributed by atoms with Gasteiger partial charge in [0.05, 0.1) is 6.42 Å². The van der Waals surface area contributed by atoms with E-state index in [0.717, 1.165) is 5.56 Å². The fourth-order valence-electron chi connectivity index (χ4n) is 1.83. The molecule has 0 saturated heterocycles. The summed E-state index contributed by atoms with van der Waals surface area (Å²) in [5.41, 5.74) is 0.842. The molecule has 0 saturated carbocycles. The molecule has 0 aromatic heterocycles. The second kappa shape index (κ2) is 9.45. The van der Waals surface area contributed by atoms with Gasteiger partial charge in [-0.1, -0.05) is 44.2 Å². The van der Waals surface area contributed by atoms with E-state index in [1.165, 1.54) is 0 Å². The van der Waals surface area contributed by atoms with Crippen molar-refractivity contribution in [3.05, 3.63) is 35.9 Å². The molecule has 0 bridgehead atoms. The number of hydrogen-bond acceptors (Lipinski definition) is 4. The molecule has 0 fully saturated rings. The summed E-state index contributed by atoms with van der Waals surface area (Å²) in [6, 6.07) is 8.40. The van der Waals surface area contributed by atoms with Crippen molar-refractivity contribution in [2.75, 3.05) is 6.54 Å². The highest BCUT2D eigenvalue weighted by Crippen LogP contribution is 2.04. The van der Waals surface area contributed by atoms with Gasteiger partial charge in [-0.25, -0.2) is 4.79 Å². The number of amides is 2. The molecule has 1 unspecified atom stereocenters. The van der Waals surface area contributed by atoms with Crippen LogP contribution in [0.5, 0.6) is 0 Å². The van der Waals surface area contributed by atoms with E-state index in [1.54, 1.807) is 13.8 Å². The number of carboxylic acid groups (broad SMARTS) is 1. The van der Waals surface area contributed by atoms with Gasteiger partial charge in [0.2, 0.25) is 5.91 Å². The maximum atomic E-state index is 12.0. The molecule has 7 heteroatoms. The summed E-state index contributed by atoms with van der Waals surface area (Å²) in [7, 11) is 0. The van der Waals surface area contributed by atoms with E-state index in [-0.39, 0.29) is 25.5 Å². The van der Waals surface area contributed by atoms with Crippen molar-refractivity contribution in [3.63, 3.8) is 0 Å². The molecule has 0 aliphatic carbocycles. The molecule has 2 amide bonds. The van der Waals surface area contributed by atoms with Crippen LogP contribution in [0, 0.1) is 5.92 Å². The lowest BCUT2D eigenvalue weighted by Crippen LogP contribution is -2.50. The summed E-state index contributed by atoms with van der Waals surface area (Å²) in [6.45, 7) is 3.67. The molecule has 0 heterocycles. The van der Waals surface area contributed by atoms with Gasteiger partial charge in [-0.05, 0) is 11.5 Å². The number of nitrogens with one attached hydrogen (secondary N) is 2. The maximum Gasteiger partial charge on any atom is 0.408 e. The van der Waals surface area contributed by atoms with E-state index in [4.69, 9.17) is 9.84 Å². The average molecular weight is 322 g/mol. The highest BCUT2D eigenvalue weighted by molar-refractivity contribution is 5.86. The van der Waals surface area contributed by atoms with Crippen LogP contribution in [-0.2, 0) is 20.9 Å². The van der Waals surface area contributed by atoms with Gasteiger partial charge in [-0.2, -0.15) is 0 Å². The van der Waals surface area contributed by atoms with Crippen molar-refractivity contribution in [2.45, 2.75) is 32.9 Å². The normalized spacial score (nSPS) is 11.6. The van der Waals surface area contributed by atoms with Crippen molar-refractivity contribution in [1.82, 2.24) is 10.6 Å². The van der Waals surface area contributed by atoms with Gasteiger partial charge in [-0.15, -0.1) is 0 Å². The monoisotopic (exact) mass is 322 g/mol. The van der Waals surface area contributed by atoms with E-state index >= 15 is 0 Å². The third-order valence-corrected chi connectivity index (χ3v) is 3.07. The average Bonchev–Trinajstić information content (AvgIpc) is 2.50. The number of rotatable bonds is 8. The van der Waals surface area contributed by atoms with E-state index in [2.05, 4.69) is 10.6 Å². The summed E-state index contributed by atoms with van der Waals surface area (Å²) in [5.74, 6) is -1.59. The Morgan fingerprint density at radius 3 is 2.39 bits per heavy atom. The van der Waals surface area contributed by atoms with Gasteiger partial charge < -0.3 is 20.5 Å². The minimum absolute atomic E-state index is 0.0120. The Hall–Kier alpha value is -2.57. The number of ether oxygens (including phenoxy) is 1. The zero-order valence-electron chi connectivity index (χ0n) is 13.2. The van der Waals surface area contributed by atoms with Crippen molar-refractivity contribution in [1.29, 1.82) is 0 Å². The molecule has 1 atom stereocenters. The van der Waals surface area contributed by atoms with Gasteiger partial charge in [0.1, 0.15) is 12.6 Å². The number of carboxylic acids is 1. The number of aliphatic carboxylic acids is 1. The predicted molar refractivity (Wildman–Crippen MR) is 83.7 cm³/mol. The first-order valence-corrected chi connectivity index (χ1v) is 7.37. The van der Waals surface area contributed by atoms with Crippen LogP contribution >= 0.6 is 0 Å². The molecule has 0 spiro atoms. The zero-order valence-corrected chi connectivity index (χ0v) is 13.2. The SMILES string of the molecule is CC(C)C(NC(=O)OCc1ccccc1)C(=O)NCCC(=O)O. The molecule has 1 rings (SSSR count). The highest BCUT2D eigenvalue weighted by Gasteiger charge is 2.24. The van der Waals surface area contributed by atoms with Gasteiger partial charge >= 0.3 is 12.1 Å². The fraction of sp³-hybridized carbons (Fsp3) is 0.438. The van der Waals surface area contributed by atoms with Crippen LogP contribution in [0.2, 0.25) is 0 Å².